The van der Waals surface area contributed by atoms with Crippen LogP contribution in [0.25, 0.3) is 4.96 Å². The number of esters is 1. The van der Waals surface area contributed by atoms with Crippen LogP contribution in [0, 0.1) is 5.92 Å². The van der Waals surface area contributed by atoms with E-state index in [0.717, 1.165) is 42.1 Å². The predicted octanol–water partition coefficient (Wildman–Crippen LogP) is 2.01. The number of benzene rings is 1. The number of aryl methyl sites for hydroxylation is 1. The molecule has 0 saturated carbocycles. The second kappa shape index (κ2) is 8.51. The standard InChI is InChI=1S/C21H26N4O3S/c1-3-16-22-21-25(23-16)19(26)18(29-21)17(14-9-6-5-7-10-14)24-12-8-11-15(13-24)20(27)28-4-2/h5-7,9-10,15,17,26H,3-4,8,11-13H2,1-2H3/p+1/t15-,17+/m0/s1. The molecule has 3 atom stereocenters. The van der Waals surface area contributed by atoms with Gasteiger partial charge in [0.2, 0.25) is 10.8 Å². The summed E-state index contributed by atoms with van der Waals surface area (Å²) in [5.74, 6) is 0.649. The molecule has 8 heteroatoms. The lowest BCUT2D eigenvalue weighted by Crippen LogP contribution is -3.14. The average molecular weight is 416 g/mol. The summed E-state index contributed by atoms with van der Waals surface area (Å²) in [6.07, 6.45) is 2.53. The number of thiazole rings is 1. The number of nitrogens with zero attached hydrogens (tertiary/aromatic N) is 3. The van der Waals surface area contributed by atoms with Crippen molar-refractivity contribution in [2.45, 2.75) is 39.2 Å². The molecule has 3 heterocycles. The monoisotopic (exact) mass is 415 g/mol. The molecule has 154 valence electrons. The average Bonchev–Trinajstić information content (AvgIpc) is 3.29. The number of ether oxygens (including phenoxy) is 1. The number of nitrogens with one attached hydrogen (secondary N) is 1. The van der Waals surface area contributed by atoms with E-state index in [-0.39, 0.29) is 23.8 Å². The second-order valence-electron chi connectivity index (χ2n) is 7.41. The van der Waals surface area contributed by atoms with Gasteiger partial charge in [0, 0.05) is 12.0 Å². The highest BCUT2D eigenvalue weighted by atomic mass is 32.1. The van der Waals surface area contributed by atoms with Gasteiger partial charge >= 0.3 is 5.97 Å². The number of aromatic hydroxyl groups is 1. The molecule has 29 heavy (non-hydrogen) atoms. The Hall–Kier alpha value is -2.45. The summed E-state index contributed by atoms with van der Waals surface area (Å²) in [5.41, 5.74) is 1.11. The third kappa shape index (κ3) is 3.86. The zero-order chi connectivity index (χ0) is 20.4. The highest BCUT2D eigenvalue weighted by Crippen LogP contribution is 2.35. The molecule has 1 fully saturated rings. The van der Waals surface area contributed by atoms with Gasteiger partial charge in [-0.3, -0.25) is 4.79 Å². The summed E-state index contributed by atoms with van der Waals surface area (Å²) in [5, 5.41) is 15.4. The molecular weight excluding hydrogens is 388 g/mol. The molecule has 0 radical (unpaired) electrons. The van der Waals surface area contributed by atoms with Gasteiger partial charge in [-0.25, -0.2) is 4.98 Å². The highest BCUT2D eigenvalue weighted by Gasteiger charge is 2.38. The van der Waals surface area contributed by atoms with Gasteiger partial charge in [0.15, 0.2) is 11.9 Å². The van der Waals surface area contributed by atoms with Crippen molar-refractivity contribution in [3.8, 4) is 5.88 Å². The van der Waals surface area contributed by atoms with E-state index in [9.17, 15) is 9.90 Å². The van der Waals surface area contributed by atoms with Gasteiger partial charge in [0.1, 0.15) is 10.8 Å². The Bertz CT molecular complexity index is 985. The molecule has 3 aromatic rings. The molecule has 0 aliphatic carbocycles. The Morgan fingerprint density at radius 3 is 2.86 bits per heavy atom. The molecule has 0 amide bonds. The SMILES string of the molecule is CCOC(=O)[C@H]1CCC[NH+]([C@H](c2ccccc2)c2sc3nc(CC)nn3c2O)C1. The maximum absolute atomic E-state index is 12.4. The Balaban J connectivity index is 1.72. The zero-order valence-electron chi connectivity index (χ0n) is 16.8. The first kappa shape index (κ1) is 19.8. The van der Waals surface area contributed by atoms with Gasteiger partial charge < -0.3 is 14.7 Å². The lowest BCUT2D eigenvalue weighted by molar-refractivity contribution is -0.932. The van der Waals surface area contributed by atoms with Crippen molar-refractivity contribution < 1.29 is 19.5 Å². The van der Waals surface area contributed by atoms with Gasteiger partial charge in [0.25, 0.3) is 0 Å². The third-order valence-electron chi connectivity index (χ3n) is 5.54. The number of likely N-dealkylation sites (tertiary alicyclic amines) is 1. The number of carbonyl (C=O) groups is 1. The summed E-state index contributed by atoms with van der Waals surface area (Å²) in [6.45, 7) is 5.86. The van der Waals surface area contributed by atoms with Crippen LogP contribution in [0.5, 0.6) is 5.88 Å². The molecule has 0 bridgehead atoms. The fraction of sp³-hybridized carbons (Fsp3) is 0.476. The van der Waals surface area contributed by atoms with Crippen molar-refractivity contribution in [2.75, 3.05) is 19.7 Å². The molecule has 1 unspecified atom stereocenters. The van der Waals surface area contributed by atoms with Crippen LogP contribution in [0.15, 0.2) is 30.3 Å². The van der Waals surface area contributed by atoms with Gasteiger partial charge in [-0.05, 0) is 19.8 Å². The Labute approximate surface area is 173 Å². The minimum Gasteiger partial charge on any atom is -0.492 e. The van der Waals surface area contributed by atoms with Crippen molar-refractivity contribution in [3.05, 3.63) is 46.6 Å². The van der Waals surface area contributed by atoms with E-state index >= 15 is 0 Å². The number of quaternary nitrogens is 1. The number of hydrogen-bond donors (Lipinski definition) is 2. The quantitative estimate of drug-likeness (QED) is 0.602. The number of piperidine rings is 1. The molecule has 1 aliphatic rings. The third-order valence-corrected chi connectivity index (χ3v) is 6.63. The van der Waals surface area contributed by atoms with Crippen LogP contribution in [0.1, 0.15) is 49.0 Å². The topological polar surface area (TPSA) is 81.2 Å². The first-order valence-corrected chi connectivity index (χ1v) is 11.1. The Morgan fingerprint density at radius 1 is 1.38 bits per heavy atom. The van der Waals surface area contributed by atoms with E-state index in [1.165, 1.54) is 16.2 Å². The van der Waals surface area contributed by atoms with Gasteiger partial charge in [-0.2, -0.15) is 4.52 Å². The summed E-state index contributed by atoms with van der Waals surface area (Å²) in [6, 6.07) is 10.1. The van der Waals surface area contributed by atoms with E-state index in [0.29, 0.717) is 18.1 Å². The molecule has 1 aromatic carbocycles. The molecule has 1 saturated heterocycles. The lowest BCUT2D eigenvalue weighted by Gasteiger charge is -2.34. The fourth-order valence-electron chi connectivity index (χ4n) is 4.17. The smallest absolute Gasteiger partial charge is 0.314 e. The second-order valence-corrected chi connectivity index (χ2v) is 8.42. The minimum absolute atomic E-state index is 0.0768. The predicted molar refractivity (Wildman–Crippen MR) is 110 cm³/mol. The number of carbonyl (C=O) groups excluding carboxylic acids is 1. The Morgan fingerprint density at radius 2 is 2.17 bits per heavy atom. The van der Waals surface area contributed by atoms with Crippen LogP contribution in [0.3, 0.4) is 0 Å². The molecular formula is C21H27N4O3S+. The molecule has 7 nitrogen and oxygen atoms in total. The molecule has 1 aliphatic heterocycles. The minimum atomic E-state index is -0.115. The zero-order valence-corrected chi connectivity index (χ0v) is 17.6. The number of aromatic nitrogens is 3. The van der Waals surface area contributed by atoms with E-state index in [1.54, 1.807) is 4.52 Å². The van der Waals surface area contributed by atoms with E-state index in [1.807, 2.05) is 32.0 Å². The van der Waals surface area contributed by atoms with Crippen molar-refractivity contribution in [1.29, 1.82) is 0 Å². The van der Waals surface area contributed by atoms with Crippen LogP contribution in [-0.4, -0.2) is 45.4 Å². The Kier molecular flexibility index (Phi) is 5.82. The number of fused-ring (bicyclic) bond motifs is 1. The van der Waals surface area contributed by atoms with E-state index < -0.39 is 0 Å². The lowest BCUT2D eigenvalue weighted by atomic mass is 9.94. The van der Waals surface area contributed by atoms with Crippen molar-refractivity contribution >= 4 is 22.3 Å². The van der Waals surface area contributed by atoms with E-state index in [4.69, 9.17) is 4.74 Å². The van der Waals surface area contributed by atoms with Crippen LogP contribution in [-0.2, 0) is 16.0 Å². The van der Waals surface area contributed by atoms with Crippen LogP contribution in [0.4, 0.5) is 0 Å². The largest absolute Gasteiger partial charge is 0.492 e. The summed E-state index contributed by atoms with van der Waals surface area (Å²) < 4.78 is 6.83. The van der Waals surface area contributed by atoms with Crippen LogP contribution >= 0.6 is 11.3 Å². The van der Waals surface area contributed by atoms with Crippen LogP contribution < -0.4 is 4.90 Å². The normalized spacial score (nSPS) is 20.6. The first-order valence-electron chi connectivity index (χ1n) is 10.3. The maximum Gasteiger partial charge on any atom is 0.314 e. The summed E-state index contributed by atoms with van der Waals surface area (Å²) >= 11 is 1.48. The maximum atomic E-state index is 12.4. The van der Waals surface area contributed by atoms with Crippen molar-refractivity contribution in [1.82, 2.24) is 14.6 Å². The molecule has 0 spiro atoms. The van der Waals surface area contributed by atoms with E-state index in [2.05, 4.69) is 22.2 Å². The number of rotatable bonds is 6. The number of hydrogen-bond acceptors (Lipinski definition) is 6. The van der Waals surface area contributed by atoms with Crippen LogP contribution in [0.2, 0.25) is 0 Å². The summed E-state index contributed by atoms with van der Waals surface area (Å²) in [7, 11) is 0. The fourth-order valence-corrected chi connectivity index (χ4v) is 5.33. The summed E-state index contributed by atoms with van der Waals surface area (Å²) in [4.78, 5) is 19.7. The van der Waals surface area contributed by atoms with Gasteiger partial charge in [-0.15, -0.1) is 5.10 Å². The molecule has 4 rings (SSSR count). The first-order chi connectivity index (χ1) is 14.1. The molecule has 2 aromatic heterocycles. The molecule has 2 N–H and O–H groups in total. The van der Waals surface area contributed by atoms with Gasteiger partial charge in [-0.1, -0.05) is 48.6 Å². The van der Waals surface area contributed by atoms with Crippen molar-refractivity contribution in [3.63, 3.8) is 0 Å². The highest BCUT2D eigenvalue weighted by molar-refractivity contribution is 7.17. The van der Waals surface area contributed by atoms with Gasteiger partial charge in [0.05, 0.1) is 19.7 Å². The van der Waals surface area contributed by atoms with Crippen molar-refractivity contribution in [2.24, 2.45) is 5.92 Å².